The Morgan fingerprint density at radius 2 is 2.22 bits per heavy atom. The van der Waals surface area contributed by atoms with Gasteiger partial charge in [-0.3, -0.25) is 0 Å². The monoisotopic (exact) mass is 271 g/mol. The molecule has 1 rings (SSSR count). The van der Waals surface area contributed by atoms with Crippen molar-refractivity contribution in [1.82, 2.24) is 9.55 Å². The summed E-state index contributed by atoms with van der Waals surface area (Å²) in [5.74, 6) is 0.964. The van der Waals surface area contributed by atoms with Crippen molar-refractivity contribution >= 4 is 17.7 Å². The van der Waals surface area contributed by atoms with Crippen LogP contribution in [0.3, 0.4) is 0 Å². The van der Waals surface area contributed by atoms with Crippen LogP contribution in [0.5, 0.6) is 0 Å². The molecule has 0 saturated carbocycles. The summed E-state index contributed by atoms with van der Waals surface area (Å²) in [5, 5.41) is 3.38. The Balaban J connectivity index is 2.61. The molecule has 0 aliphatic rings. The largest absolute Gasteiger partial charge is 0.385 e. The van der Waals surface area contributed by atoms with Crippen molar-refractivity contribution < 1.29 is 4.74 Å². The number of aromatic nitrogens is 2. The Kier molecular flexibility index (Phi) is 6.02. The van der Waals surface area contributed by atoms with E-state index in [2.05, 4.69) is 41.2 Å². The zero-order valence-corrected chi connectivity index (χ0v) is 12.9. The van der Waals surface area contributed by atoms with Gasteiger partial charge < -0.3 is 14.6 Å². The predicted molar refractivity (Wildman–Crippen MR) is 79.5 cm³/mol. The van der Waals surface area contributed by atoms with Crippen LogP contribution in [0.15, 0.2) is 6.20 Å². The fourth-order valence-corrected chi connectivity index (χ4v) is 1.97. The molecular formula is C13H25N3OS. The molecule has 0 amide bonds. The highest BCUT2D eigenvalue weighted by Crippen LogP contribution is 2.25. The molecule has 0 atom stereocenters. The van der Waals surface area contributed by atoms with Crippen molar-refractivity contribution in [2.45, 2.75) is 38.5 Å². The first-order chi connectivity index (χ1) is 8.48. The molecule has 104 valence electrons. The van der Waals surface area contributed by atoms with Gasteiger partial charge in [0.15, 0.2) is 0 Å². The van der Waals surface area contributed by atoms with Gasteiger partial charge in [-0.2, -0.15) is 11.8 Å². The van der Waals surface area contributed by atoms with Crippen molar-refractivity contribution in [2.75, 3.05) is 31.8 Å². The Morgan fingerprint density at radius 1 is 1.50 bits per heavy atom. The molecule has 1 N–H and O–H groups in total. The number of hydrogen-bond donors (Lipinski definition) is 1. The molecule has 1 heterocycles. The molecule has 5 heteroatoms. The second-order valence-corrected chi connectivity index (χ2v) is 6.58. The van der Waals surface area contributed by atoms with E-state index in [9.17, 15) is 0 Å². The maximum absolute atomic E-state index is 5.04. The zero-order valence-electron chi connectivity index (χ0n) is 12.1. The Bertz CT molecular complexity index is 363. The average Bonchev–Trinajstić information content (AvgIpc) is 2.64. The molecular weight excluding hydrogens is 246 g/mol. The first-order valence-corrected chi connectivity index (χ1v) is 7.53. The van der Waals surface area contributed by atoms with E-state index < -0.39 is 0 Å². The number of nitrogens with one attached hydrogen (secondary N) is 1. The van der Waals surface area contributed by atoms with Gasteiger partial charge in [0.25, 0.3) is 0 Å². The SMILES string of the molecule is COCCCNc1nc(C)cn1CC(C)(C)SC. The van der Waals surface area contributed by atoms with Crippen molar-refractivity contribution in [2.24, 2.45) is 0 Å². The summed E-state index contributed by atoms with van der Waals surface area (Å²) in [6, 6.07) is 0. The number of imidazole rings is 1. The van der Waals surface area contributed by atoms with Crippen LogP contribution in [0.1, 0.15) is 26.0 Å². The van der Waals surface area contributed by atoms with E-state index in [1.54, 1.807) is 7.11 Å². The van der Waals surface area contributed by atoms with Crippen LogP contribution in [0, 0.1) is 6.92 Å². The third-order valence-electron chi connectivity index (χ3n) is 2.81. The minimum absolute atomic E-state index is 0.218. The Hall–Kier alpha value is -0.680. The average molecular weight is 271 g/mol. The van der Waals surface area contributed by atoms with E-state index >= 15 is 0 Å². The molecule has 0 saturated heterocycles. The van der Waals surface area contributed by atoms with Gasteiger partial charge in [0.1, 0.15) is 0 Å². The van der Waals surface area contributed by atoms with Crippen LogP contribution in [0.2, 0.25) is 0 Å². The summed E-state index contributed by atoms with van der Waals surface area (Å²) >= 11 is 1.88. The number of thioether (sulfide) groups is 1. The molecule has 18 heavy (non-hydrogen) atoms. The summed E-state index contributed by atoms with van der Waals surface area (Å²) in [6.45, 7) is 9.17. The maximum atomic E-state index is 5.04. The number of methoxy groups -OCH3 is 1. The van der Waals surface area contributed by atoms with Crippen molar-refractivity contribution in [3.8, 4) is 0 Å². The van der Waals surface area contributed by atoms with Gasteiger partial charge in [-0.1, -0.05) is 0 Å². The summed E-state index contributed by atoms with van der Waals surface area (Å²) < 4.78 is 7.47. The molecule has 0 radical (unpaired) electrons. The van der Waals surface area contributed by atoms with E-state index in [4.69, 9.17) is 4.74 Å². The van der Waals surface area contributed by atoms with E-state index in [0.29, 0.717) is 0 Å². The topological polar surface area (TPSA) is 39.1 Å². The summed E-state index contributed by atoms with van der Waals surface area (Å²) in [4.78, 5) is 4.53. The molecule has 0 aliphatic carbocycles. The van der Waals surface area contributed by atoms with Crippen LogP contribution in [-0.2, 0) is 11.3 Å². The van der Waals surface area contributed by atoms with Gasteiger partial charge >= 0.3 is 0 Å². The predicted octanol–water partition coefficient (Wildman–Crippen LogP) is 2.78. The van der Waals surface area contributed by atoms with E-state index in [1.807, 2.05) is 18.7 Å². The minimum atomic E-state index is 0.218. The normalized spacial score (nSPS) is 11.8. The van der Waals surface area contributed by atoms with Crippen LogP contribution in [0.25, 0.3) is 0 Å². The van der Waals surface area contributed by atoms with Gasteiger partial charge in [0.05, 0.1) is 5.69 Å². The second-order valence-electron chi connectivity index (χ2n) is 5.07. The lowest BCUT2D eigenvalue weighted by atomic mass is 10.2. The second kappa shape index (κ2) is 7.04. The lowest BCUT2D eigenvalue weighted by Crippen LogP contribution is -2.23. The summed E-state index contributed by atoms with van der Waals surface area (Å²) in [6.07, 6.45) is 5.25. The quantitative estimate of drug-likeness (QED) is 0.738. The highest BCUT2D eigenvalue weighted by molar-refractivity contribution is 7.99. The Labute approximate surface area is 115 Å². The number of aryl methyl sites for hydroxylation is 1. The smallest absolute Gasteiger partial charge is 0.203 e. The molecule has 0 bridgehead atoms. The number of ether oxygens (including phenoxy) is 1. The number of anilines is 1. The molecule has 1 aromatic rings. The first kappa shape index (κ1) is 15.4. The van der Waals surface area contributed by atoms with Gasteiger partial charge in [0, 0.05) is 37.8 Å². The molecule has 0 spiro atoms. The van der Waals surface area contributed by atoms with Gasteiger partial charge in [-0.15, -0.1) is 0 Å². The minimum Gasteiger partial charge on any atom is -0.385 e. The molecule has 0 unspecified atom stereocenters. The third kappa shape index (κ3) is 4.90. The molecule has 0 aliphatic heterocycles. The molecule has 0 fully saturated rings. The molecule has 4 nitrogen and oxygen atoms in total. The van der Waals surface area contributed by atoms with Crippen LogP contribution in [-0.4, -0.2) is 40.8 Å². The lowest BCUT2D eigenvalue weighted by Gasteiger charge is -2.23. The van der Waals surface area contributed by atoms with Gasteiger partial charge in [0.2, 0.25) is 5.95 Å². The van der Waals surface area contributed by atoms with Crippen LogP contribution in [0.4, 0.5) is 5.95 Å². The van der Waals surface area contributed by atoms with Crippen molar-refractivity contribution in [3.63, 3.8) is 0 Å². The maximum Gasteiger partial charge on any atom is 0.203 e. The summed E-state index contributed by atoms with van der Waals surface area (Å²) in [7, 11) is 1.73. The zero-order chi connectivity index (χ0) is 13.6. The highest BCUT2D eigenvalue weighted by atomic mass is 32.2. The first-order valence-electron chi connectivity index (χ1n) is 6.30. The molecule has 1 aromatic heterocycles. The standard InChI is InChI=1S/C13H25N3OS/c1-11-9-16(10-13(2,3)18-5)12(15-11)14-7-6-8-17-4/h9H,6-8,10H2,1-5H3,(H,14,15). The number of nitrogens with zero attached hydrogens (tertiary/aromatic N) is 2. The van der Waals surface area contributed by atoms with E-state index in [-0.39, 0.29) is 4.75 Å². The van der Waals surface area contributed by atoms with Crippen molar-refractivity contribution in [3.05, 3.63) is 11.9 Å². The summed E-state index contributed by atoms with van der Waals surface area (Å²) in [5.41, 5.74) is 1.06. The van der Waals surface area contributed by atoms with Gasteiger partial charge in [-0.25, -0.2) is 4.98 Å². The van der Waals surface area contributed by atoms with Crippen LogP contribution >= 0.6 is 11.8 Å². The van der Waals surface area contributed by atoms with Gasteiger partial charge in [-0.05, 0) is 33.4 Å². The van der Waals surface area contributed by atoms with Crippen molar-refractivity contribution in [1.29, 1.82) is 0 Å². The highest BCUT2D eigenvalue weighted by Gasteiger charge is 2.18. The third-order valence-corrected chi connectivity index (χ3v) is 4.04. The van der Waals surface area contributed by atoms with E-state index in [1.165, 1.54) is 0 Å². The lowest BCUT2D eigenvalue weighted by molar-refractivity contribution is 0.197. The fraction of sp³-hybridized carbons (Fsp3) is 0.769. The molecule has 0 aromatic carbocycles. The van der Waals surface area contributed by atoms with E-state index in [0.717, 1.165) is 37.8 Å². The fourth-order valence-electron chi connectivity index (χ4n) is 1.70. The number of hydrogen-bond acceptors (Lipinski definition) is 4. The Morgan fingerprint density at radius 3 is 2.83 bits per heavy atom. The number of rotatable bonds is 8. The van der Waals surface area contributed by atoms with Crippen LogP contribution < -0.4 is 5.32 Å².